The first-order valence-corrected chi connectivity index (χ1v) is 7.20. The van der Waals surface area contributed by atoms with Gasteiger partial charge in [-0.2, -0.15) is 0 Å². The summed E-state index contributed by atoms with van der Waals surface area (Å²) in [7, 11) is -0.782. The lowest BCUT2D eigenvalue weighted by Crippen LogP contribution is -2.07. The molecule has 0 aromatic heterocycles. The SMILES string of the molecule is CCCCS(=O)CC(Cl)c1ccccc1. The molecule has 0 aliphatic carbocycles. The summed E-state index contributed by atoms with van der Waals surface area (Å²) in [6.45, 7) is 2.10. The van der Waals surface area contributed by atoms with Gasteiger partial charge in [0, 0.05) is 22.3 Å². The Labute approximate surface area is 99.3 Å². The molecule has 1 aromatic carbocycles. The van der Waals surface area contributed by atoms with Crippen LogP contribution < -0.4 is 0 Å². The van der Waals surface area contributed by atoms with Gasteiger partial charge in [0.2, 0.25) is 0 Å². The van der Waals surface area contributed by atoms with E-state index in [4.69, 9.17) is 11.6 Å². The lowest BCUT2D eigenvalue weighted by Gasteiger charge is -2.09. The molecule has 0 radical (unpaired) electrons. The second-order valence-corrected chi connectivity index (χ2v) is 5.69. The zero-order valence-corrected chi connectivity index (χ0v) is 10.6. The summed E-state index contributed by atoms with van der Waals surface area (Å²) in [4.78, 5) is 0. The molecule has 0 amide bonds. The molecule has 1 rings (SSSR count). The highest BCUT2D eigenvalue weighted by molar-refractivity contribution is 7.85. The molecule has 0 saturated heterocycles. The monoisotopic (exact) mass is 244 g/mol. The van der Waals surface area contributed by atoms with E-state index in [9.17, 15) is 4.21 Å². The Hall–Kier alpha value is -0.340. The summed E-state index contributed by atoms with van der Waals surface area (Å²) < 4.78 is 11.6. The molecule has 1 aromatic rings. The van der Waals surface area contributed by atoms with Gasteiger partial charge >= 0.3 is 0 Å². The quantitative estimate of drug-likeness (QED) is 0.700. The first-order chi connectivity index (χ1) is 7.24. The molecule has 2 unspecified atom stereocenters. The number of halogens is 1. The van der Waals surface area contributed by atoms with Crippen LogP contribution in [-0.4, -0.2) is 15.7 Å². The number of hydrogen-bond acceptors (Lipinski definition) is 1. The van der Waals surface area contributed by atoms with Crippen molar-refractivity contribution in [3.8, 4) is 0 Å². The summed E-state index contributed by atoms with van der Waals surface area (Å²) >= 11 is 6.19. The van der Waals surface area contributed by atoms with Crippen molar-refractivity contribution in [1.29, 1.82) is 0 Å². The van der Waals surface area contributed by atoms with Crippen molar-refractivity contribution >= 4 is 22.4 Å². The molecule has 2 atom stereocenters. The van der Waals surface area contributed by atoms with Crippen molar-refractivity contribution in [3.63, 3.8) is 0 Å². The minimum absolute atomic E-state index is 0.121. The third-order valence-electron chi connectivity index (χ3n) is 2.22. The summed E-state index contributed by atoms with van der Waals surface area (Å²) in [6, 6.07) is 9.84. The minimum atomic E-state index is -0.782. The van der Waals surface area contributed by atoms with Crippen LogP contribution in [0.2, 0.25) is 0 Å². The molecular weight excluding hydrogens is 228 g/mol. The first-order valence-electron chi connectivity index (χ1n) is 5.28. The van der Waals surface area contributed by atoms with Crippen LogP contribution in [0.5, 0.6) is 0 Å². The van der Waals surface area contributed by atoms with Crippen LogP contribution in [0.4, 0.5) is 0 Å². The Morgan fingerprint density at radius 3 is 2.60 bits per heavy atom. The Bertz CT molecular complexity index is 300. The van der Waals surface area contributed by atoms with E-state index in [2.05, 4.69) is 6.92 Å². The number of unbranched alkanes of at least 4 members (excludes halogenated alkanes) is 1. The van der Waals surface area contributed by atoms with Crippen molar-refractivity contribution in [2.24, 2.45) is 0 Å². The predicted molar refractivity (Wildman–Crippen MR) is 67.8 cm³/mol. The van der Waals surface area contributed by atoms with Gasteiger partial charge in [-0.1, -0.05) is 43.7 Å². The molecular formula is C12H17ClOS. The predicted octanol–water partition coefficient (Wildman–Crippen LogP) is 3.52. The van der Waals surface area contributed by atoms with Gasteiger partial charge in [-0.25, -0.2) is 0 Å². The molecule has 84 valence electrons. The molecule has 1 nitrogen and oxygen atoms in total. The smallest absolute Gasteiger partial charge is 0.0700 e. The summed E-state index contributed by atoms with van der Waals surface area (Å²) in [6.07, 6.45) is 2.11. The highest BCUT2D eigenvalue weighted by Gasteiger charge is 2.11. The largest absolute Gasteiger partial charge is 0.260 e. The average Bonchev–Trinajstić information content (AvgIpc) is 2.27. The number of rotatable bonds is 6. The van der Waals surface area contributed by atoms with Crippen LogP contribution in [0.25, 0.3) is 0 Å². The Balaban J connectivity index is 2.42. The highest BCUT2D eigenvalue weighted by atomic mass is 35.5. The maximum atomic E-state index is 11.6. The molecule has 0 fully saturated rings. The van der Waals surface area contributed by atoms with E-state index in [1.54, 1.807) is 0 Å². The Morgan fingerprint density at radius 2 is 2.00 bits per heavy atom. The van der Waals surface area contributed by atoms with E-state index in [0.717, 1.165) is 24.2 Å². The van der Waals surface area contributed by atoms with Gasteiger partial charge in [0.15, 0.2) is 0 Å². The molecule has 0 aliphatic rings. The molecule has 0 N–H and O–H groups in total. The lowest BCUT2D eigenvalue weighted by molar-refractivity contribution is 0.678. The topological polar surface area (TPSA) is 17.1 Å². The van der Waals surface area contributed by atoms with Gasteiger partial charge < -0.3 is 0 Å². The fourth-order valence-corrected chi connectivity index (χ4v) is 3.17. The highest BCUT2D eigenvalue weighted by Crippen LogP contribution is 2.21. The van der Waals surface area contributed by atoms with Gasteiger partial charge in [-0.15, -0.1) is 11.6 Å². The van der Waals surface area contributed by atoms with Crippen molar-refractivity contribution in [2.45, 2.75) is 25.1 Å². The van der Waals surface area contributed by atoms with Crippen LogP contribution in [0.15, 0.2) is 30.3 Å². The lowest BCUT2D eigenvalue weighted by atomic mass is 10.2. The van der Waals surface area contributed by atoms with Gasteiger partial charge in [0.05, 0.1) is 5.38 Å². The first kappa shape index (κ1) is 12.7. The van der Waals surface area contributed by atoms with E-state index in [1.165, 1.54) is 0 Å². The van der Waals surface area contributed by atoms with Crippen molar-refractivity contribution in [2.75, 3.05) is 11.5 Å². The molecule has 0 spiro atoms. The van der Waals surface area contributed by atoms with Gasteiger partial charge in [-0.05, 0) is 12.0 Å². The summed E-state index contributed by atoms with van der Waals surface area (Å²) in [5.74, 6) is 1.33. The van der Waals surface area contributed by atoms with Crippen molar-refractivity contribution in [3.05, 3.63) is 35.9 Å². The maximum Gasteiger partial charge on any atom is 0.0700 e. The normalized spacial score (nSPS) is 14.8. The minimum Gasteiger partial charge on any atom is -0.260 e. The number of benzene rings is 1. The molecule has 15 heavy (non-hydrogen) atoms. The zero-order chi connectivity index (χ0) is 11.1. The van der Waals surface area contributed by atoms with Crippen molar-refractivity contribution < 1.29 is 4.21 Å². The Morgan fingerprint density at radius 1 is 1.33 bits per heavy atom. The molecule has 3 heteroatoms. The third-order valence-corrected chi connectivity index (χ3v) is 4.26. The maximum absolute atomic E-state index is 11.6. The molecule has 0 bridgehead atoms. The van der Waals surface area contributed by atoms with Gasteiger partial charge in [-0.3, -0.25) is 4.21 Å². The molecule has 0 aliphatic heterocycles. The van der Waals surface area contributed by atoms with Crippen LogP contribution in [0, 0.1) is 0 Å². The number of hydrogen-bond donors (Lipinski definition) is 0. The van der Waals surface area contributed by atoms with E-state index in [0.29, 0.717) is 5.75 Å². The van der Waals surface area contributed by atoms with Crippen LogP contribution in [0.1, 0.15) is 30.7 Å². The second kappa shape index (κ2) is 7.02. The van der Waals surface area contributed by atoms with E-state index in [-0.39, 0.29) is 5.38 Å². The van der Waals surface area contributed by atoms with E-state index < -0.39 is 10.8 Å². The fraction of sp³-hybridized carbons (Fsp3) is 0.500. The standard InChI is InChI=1S/C12H17ClOS/c1-2-3-9-15(14)10-12(13)11-7-5-4-6-8-11/h4-8,12H,2-3,9-10H2,1H3. The van der Waals surface area contributed by atoms with Gasteiger partial charge in [0.25, 0.3) is 0 Å². The summed E-state index contributed by atoms with van der Waals surface area (Å²) in [5, 5.41) is -0.121. The molecule has 0 heterocycles. The van der Waals surface area contributed by atoms with Crippen LogP contribution in [0.3, 0.4) is 0 Å². The van der Waals surface area contributed by atoms with Gasteiger partial charge in [0.1, 0.15) is 0 Å². The van der Waals surface area contributed by atoms with E-state index >= 15 is 0 Å². The van der Waals surface area contributed by atoms with Crippen LogP contribution >= 0.6 is 11.6 Å². The van der Waals surface area contributed by atoms with Crippen LogP contribution in [-0.2, 0) is 10.8 Å². The fourth-order valence-electron chi connectivity index (χ4n) is 1.31. The second-order valence-electron chi connectivity index (χ2n) is 3.54. The van der Waals surface area contributed by atoms with E-state index in [1.807, 2.05) is 30.3 Å². The third kappa shape index (κ3) is 4.80. The Kier molecular flexibility index (Phi) is 5.96. The summed E-state index contributed by atoms with van der Waals surface area (Å²) in [5.41, 5.74) is 1.06. The zero-order valence-electron chi connectivity index (χ0n) is 8.99. The number of alkyl halides is 1. The average molecular weight is 245 g/mol. The van der Waals surface area contributed by atoms with Crippen molar-refractivity contribution in [1.82, 2.24) is 0 Å². The molecule has 0 saturated carbocycles.